The van der Waals surface area contributed by atoms with Crippen LogP contribution >= 0.6 is 0 Å². The Morgan fingerprint density at radius 1 is 0.967 bits per heavy atom. The molecular formula is C25H32N2O3. The standard InChI is InChI=1S/C25H32N2O3/c1-25(2,3)20-9-11-21(12-10-20)26-27-24(28)18-30-23-15-13-22(14-16-23)29-17-19-7-5-4-6-8-19/h4-8,13-16,20H,9-12,17-18H2,1-3H3,(H,27,28). The van der Waals surface area contributed by atoms with Crippen LogP contribution in [-0.2, 0) is 11.4 Å². The van der Waals surface area contributed by atoms with Crippen LogP contribution in [0.4, 0.5) is 0 Å². The smallest absolute Gasteiger partial charge is 0.277 e. The van der Waals surface area contributed by atoms with E-state index in [-0.39, 0.29) is 12.5 Å². The number of carbonyl (C=O) groups is 1. The van der Waals surface area contributed by atoms with E-state index < -0.39 is 0 Å². The third-order valence-corrected chi connectivity index (χ3v) is 5.57. The second-order valence-electron chi connectivity index (χ2n) is 8.89. The number of hydrogen-bond acceptors (Lipinski definition) is 4. The van der Waals surface area contributed by atoms with E-state index in [2.05, 4.69) is 31.3 Å². The summed E-state index contributed by atoms with van der Waals surface area (Å²) in [6.45, 7) is 7.33. The molecule has 0 aromatic heterocycles. The van der Waals surface area contributed by atoms with Gasteiger partial charge in [-0.2, -0.15) is 5.10 Å². The zero-order chi connectivity index (χ0) is 21.4. The fourth-order valence-corrected chi connectivity index (χ4v) is 3.62. The van der Waals surface area contributed by atoms with Crippen LogP contribution in [0.1, 0.15) is 52.0 Å². The maximum Gasteiger partial charge on any atom is 0.277 e. The van der Waals surface area contributed by atoms with E-state index in [1.807, 2.05) is 42.5 Å². The maximum absolute atomic E-state index is 12.0. The largest absolute Gasteiger partial charge is 0.489 e. The van der Waals surface area contributed by atoms with E-state index >= 15 is 0 Å². The molecule has 0 bridgehead atoms. The minimum absolute atomic E-state index is 0.0639. The van der Waals surface area contributed by atoms with Crippen LogP contribution in [0.2, 0.25) is 0 Å². The second-order valence-corrected chi connectivity index (χ2v) is 8.89. The number of amides is 1. The first kappa shape index (κ1) is 21.9. The Morgan fingerprint density at radius 2 is 1.57 bits per heavy atom. The van der Waals surface area contributed by atoms with Gasteiger partial charge >= 0.3 is 0 Å². The first-order valence-corrected chi connectivity index (χ1v) is 10.6. The topological polar surface area (TPSA) is 59.9 Å². The summed E-state index contributed by atoms with van der Waals surface area (Å²) in [4.78, 5) is 12.0. The quantitative estimate of drug-likeness (QED) is 0.628. The summed E-state index contributed by atoms with van der Waals surface area (Å²) in [5.41, 5.74) is 5.15. The van der Waals surface area contributed by atoms with E-state index in [4.69, 9.17) is 9.47 Å². The molecule has 30 heavy (non-hydrogen) atoms. The van der Waals surface area contributed by atoms with Gasteiger partial charge in [-0.3, -0.25) is 4.79 Å². The number of ether oxygens (including phenoxy) is 2. The molecule has 3 rings (SSSR count). The van der Waals surface area contributed by atoms with Crippen molar-refractivity contribution in [3.05, 3.63) is 60.2 Å². The molecule has 0 radical (unpaired) electrons. The van der Waals surface area contributed by atoms with Crippen molar-refractivity contribution >= 4 is 11.6 Å². The molecule has 1 saturated carbocycles. The highest BCUT2D eigenvalue weighted by Gasteiger charge is 2.28. The normalized spacial score (nSPS) is 16.6. The average molecular weight is 409 g/mol. The van der Waals surface area contributed by atoms with Gasteiger partial charge in [0.05, 0.1) is 0 Å². The number of nitrogens with zero attached hydrogens (tertiary/aromatic N) is 1. The van der Waals surface area contributed by atoms with Gasteiger partial charge in [-0.25, -0.2) is 5.43 Å². The Morgan fingerprint density at radius 3 is 2.17 bits per heavy atom. The van der Waals surface area contributed by atoms with Gasteiger partial charge in [0.15, 0.2) is 6.61 Å². The van der Waals surface area contributed by atoms with E-state index in [1.54, 1.807) is 12.1 Å². The van der Waals surface area contributed by atoms with Crippen molar-refractivity contribution in [1.82, 2.24) is 5.43 Å². The van der Waals surface area contributed by atoms with Crippen LogP contribution in [0.25, 0.3) is 0 Å². The van der Waals surface area contributed by atoms with Crippen molar-refractivity contribution in [2.24, 2.45) is 16.4 Å². The SMILES string of the molecule is CC(C)(C)C1CCC(=NNC(=O)COc2ccc(OCc3ccccc3)cc2)CC1. The minimum atomic E-state index is -0.246. The molecule has 160 valence electrons. The predicted octanol–water partition coefficient (Wildman–Crippen LogP) is 5.35. The molecule has 1 aliphatic carbocycles. The average Bonchev–Trinajstić information content (AvgIpc) is 2.76. The van der Waals surface area contributed by atoms with Crippen molar-refractivity contribution in [2.75, 3.05) is 6.61 Å². The van der Waals surface area contributed by atoms with Crippen molar-refractivity contribution < 1.29 is 14.3 Å². The first-order valence-electron chi connectivity index (χ1n) is 10.6. The molecule has 0 heterocycles. The number of benzene rings is 2. The Bertz CT molecular complexity index is 829. The maximum atomic E-state index is 12.0. The van der Waals surface area contributed by atoms with Crippen LogP contribution in [0.5, 0.6) is 11.5 Å². The third-order valence-electron chi connectivity index (χ3n) is 5.57. The summed E-state index contributed by atoms with van der Waals surface area (Å²) in [7, 11) is 0. The van der Waals surface area contributed by atoms with Crippen LogP contribution in [0.15, 0.2) is 59.7 Å². The lowest BCUT2D eigenvalue weighted by molar-refractivity contribution is -0.123. The highest BCUT2D eigenvalue weighted by Crippen LogP contribution is 2.36. The van der Waals surface area contributed by atoms with E-state index in [0.717, 1.165) is 48.6 Å². The molecule has 1 N–H and O–H groups in total. The van der Waals surface area contributed by atoms with Crippen molar-refractivity contribution in [3.63, 3.8) is 0 Å². The molecule has 5 nitrogen and oxygen atoms in total. The Balaban J connectivity index is 1.37. The molecular weight excluding hydrogens is 376 g/mol. The Hall–Kier alpha value is -2.82. The third kappa shape index (κ3) is 6.90. The molecule has 1 fully saturated rings. The van der Waals surface area contributed by atoms with Gasteiger partial charge in [0, 0.05) is 5.71 Å². The van der Waals surface area contributed by atoms with E-state index in [0.29, 0.717) is 17.8 Å². The lowest BCUT2D eigenvalue weighted by Crippen LogP contribution is -2.29. The second kappa shape index (κ2) is 10.3. The minimum Gasteiger partial charge on any atom is -0.489 e. The number of nitrogens with one attached hydrogen (secondary N) is 1. The van der Waals surface area contributed by atoms with Gasteiger partial charge in [0.2, 0.25) is 0 Å². The predicted molar refractivity (Wildman–Crippen MR) is 120 cm³/mol. The van der Waals surface area contributed by atoms with Gasteiger partial charge < -0.3 is 9.47 Å². The fraction of sp³-hybridized carbons (Fsp3) is 0.440. The molecule has 0 unspecified atom stereocenters. The summed E-state index contributed by atoms with van der Waals surface area (Å²) in [5.74, 6) is 1.85. The van der Waals surface area contributed by atoms with Gasteiger partial charge in [-0.15, -0.1) is 0 Å². The molecule has 2 aromatic carbocycles. The van der Waals surface area contributed by atoms with Crippen LogP contribution in [-0.4, -0.2) is 18.2 Å². The zero-order valence-electron chi connectivity index (χ0n) is 18.2. The number of carbonyl (C=O) groups excluding carboxylic acids is 1. The van der Waals surface area contributed by atoms with Gasteiger partial charge in [0.1, 0.15) is 18.1 Å². The van der Waals surface area contributed by atoms with Crippen molar-refractivity contribution in [1.29, 1.82) is 0 Å². The molecule has 0 spiro atoms. The van der Waals surface area contributed by atoms with Crippen LogP contribution in [0, 0.1) is 11.3 Å². The summed E-state index contributed by atoms with van der Waals surface area (Å²) < 4.78 is 11.3. The lowest BCUT2D eigenvalue weighted by Gasteiger charge is -2.34. The number of hydrazone groups is 1. The van der Waals surface area contributed by atoms with Gasteiger partial charge in [-0.1, -0.05) is 51.1 Å². The molecule has 0 atom stereocenters. The summed E-state index contributed by atoms with van der Waals surface area (Å²) in [5, 5.41) is 4.30. The number of hydrogen-bond donors (Lipinski definition) is 1. The molecule has 1 aliphatic rings. The molecule has 1 amide bonds. The van der Waals surface area contributed by atoms with Gasteiger partial charge in [0.25, 0.3) is 5.91 Å². The van der Waals surface area contributed by atoms with Gasteiger partial charge in [-0.05, 0) is 66.8 Å². The highest BCUT2D eigenvalue weighted by atomic mass is 16.5. The summed E-state index contributed by atoms with van der Waals surface area (Å²) >= 11 is 0. The fourth-order valence-electron chi connectivity index (χ4n) is 3.62. The Kier molecular flexibility index (Phi) is 7.50. The van der Waals surface area contributed by atoms with E-state index in [1.165, 1.54) is 0 Å². The number of rotatable bonds is 7. The molecule has 2 aromatic rings. The van der Waals surface area contributed by atoms with E-state index in [9.17, 15) is 4.79 Å². The monoisotopic (exact) mass is 408 g/mol. The van der Waals surface area contributed by atoms with Crippen LogP contribution in [0.3, 0.4) is 0 Å². The van der Waals surface area contributed by atoms with Crippen LogP contribution < -0.4 is 14.9 Å². The molecule has 5 heteroatoms. The van der Waals surface area contributed by atoms with Crippen molar-refractivity contribution in [2.45, 2.75) is 53.1 Å². The zero-order valence-corrected chi connectivity index (χ0v) is 18.2. The summed E-state index contributed by atoms with van der Waals surface area (Å²) in [6.07, 6.45) is 4.17. The summed E-state index contributed by atoms with van der Waals surface area (Å²) in [6, 6.07) is 17.3. The highest BCUT2D eigenvalue weighted by molar-refractivity contribution is 5.87. The van der Waals surface area contributed by atoms with Crippen molar-refractivity contribution in [3.8, 4) is 11.5 Å². The first-order chi connectivity index (χ1) is 14.4. The lowest BCUT2D eigenvalue weighted by atomic mass is 9.72. The molecule has 0 saturated heterocycles. The Labute approximate surface area is 179 Å². The molecule has 0 aliphatic heterocycles.